The first kappa shape index (κ1) is 31.1. The number of aromatic nitrogens is 2. The first-order valence-electron chi connectivity index (χ1n) is 13.4. The molecule has 2 aromatic heterocycles. The minimum Gasteiger partial charge on any atom is -0.456 e. The fourth-order valence-electron chi connectivity index (χ4n) is 4.23. The molecule has 0 saturated carbocycles. The van der Waals surface area contributed by atoms with Crippen LogP contribution in [0.4, 0.5) is 23.7 Å². The lowest BCUT2D eigenvalue weighted by molar-refractivity contribution is -0.138. The number of amides is 2. The number of pyridine rings is 1. The number of urea groups is 1. The Kier molecular flexibility index (Phi) is 10.2. The van der Waals surface area contributed by atoms with Crippen LogP contribution in [0.25, 0.3) is 11.0 Å². The number of alkyl halides is 3. The van der Waals surface area contributed by atoms with E-state index in [0.717, 1.165) is 25.2 Å². The number of halogens is 4. The highest BCUT2D eigenvalue weighted by Gasteiger charge is 2.35. The van der Waals surface area contributed by atoms with Gasteiger partial charge in [0.2, 0.25) is 0 Å². The highest BCUT2D eigenvalue weighted by Crippen LogP contribution is 2.42. The standard InChI is InChI=1S/C27H35ClF3N5O4Si/c1-41(2,3)15-14-39-18-36-17-21(28)24-23(6-7-32-25(24)36)40-22-5-4-19(16-20(22)27(29,30)31)34-26(37)33-8-9-35-10-12-38-13-11-35/h4-7,16-17H,8-15,18H2,1-3H3,(H2,33,34,37). The molecule has 2 N–H and O–H groups in total. The van der Waals surface area contributed by atoms with Crippen molar-refractivity contribution in [1.29, 1.82) is 0 Å². The summed E-state index contributed by atoms with van der Waals surface area (Å²) in [6, 6.07) is 5.21. The van der Waals surface area contributed by atoms with Crippen molar-refractivity contribution in [2.75, 3.05) is 51.3 Å². The second-order valence-electron chi connectivity index (χ2n) is 10.9. The molecule has 1 aliphatic rings. The van der Waals surface area contributed by atoms with Gasteiger partial charge in [0, 0.05) is 58.9 Å². The van der Waals surface area contributed by atoms with Gasteiger partial charge in [-0.1, -0.05) is 31.2 Å². The third-order valence-electron chi connectivity index (χ3n) is 6.48. The van der Waals surface area contributed by atoms with Crippen LogP contribution in [0, 0.1) is 0 Å². The molecule has 41 heavy (non-hydrogen) atoms. The lowest BCUT2D eigenvalue weighted by atomic mass is 10.1. The van der Waals surface area contributed by atoms with Crippen LogP contribution in [-0.4, -0.2) is 74.6 Å². The van der Waals surface area contributed by atoms with E-state index in [2.05, 4.69) is 40.2 Å². The van der Waals surface area contributed by atoms with Gasteiger partial charge in [-0.3, -0.25) is 4.90 Å². The zero-order chi connectivity index (χ0) is 29.6. The molecule has 0 atom stereocenters. The quantitative estimate of drug-likeness (QED) is 0.196. The number of carbonyl (C=O) groups is 1. The van der Waals surface area contributed by atoms with Crippen molar-refractivity contribution < 1.29 is 32.2 Å². The van der Waals surface area contributed by atoms with Gasteiger partial charge in [0.1, 0.15) is 29.4 Å². The number of nitrogens with one attached hydrogen (secondary N) is 2. The summed E-state index contributed by atoms with van der Waals surface area (Å²) in [5.41, 5.74) is -0.631. The Morgan fingerprint density at radius 1 is 1.17 bits per heavy atom. The predicted octanol–water partition coefficient (Wildman–Crippen LogP) is 6.27. The maximum Gasteiger partial charge on any atom is 0.420 e. The van der Waals surface area contributed by atoms with E-state index in [4.69, 9.17) is 25.8 Å². The summed E-state index contributed by atoms with van der Waals surface area (Å²) in [4.78, 5) is 18.8. The minimum absolute atomic E-state index is 0.0203. The normalized spacial score (nSPS) is 14.8. The number of rotatable bonds is 11. The third kappa shape index (κ3) is 8.82. The molecule has 3 heterocycles. The van der Waals surface area contributed by atoms with Crippen LogP contribution in [0.3, 0.4) is 0 Å². The van der Waals surface area contributed by atoms with Gasteiger partial charge in [0.15, 0.2) is 0 Å². The van der Waals surface area contributed by atoms with Crippen molar-refractivity contribution in [1.82, 2.24) is 19.8 Å². The number of ether oxygens (including phenoxy) is 3. The lowest BCUT2D eigenvalue weighted by Gasteiger charge is -2.26. The van der Waals surface area contributed by atoms with Crippen molar-refractivity contribution >= 4 is 42.4 Å². The van der Waals surface area contributed by atoms with Crippen LogP contribution >= 0.6 is 11.6 Å². The summed E-state index contributed by atoms with van der Waals surface area (Å²) in [5.74, 6) is -0.314. The summed E-state index contributed by atoms with van der Waals surface area (Å²) in [5, 5.41) is 5.78. The topological polar surface area (TPSA) is 89.9 Å². The van der Waals surface area contributed by atoms with E-state index < -0.39 is 31.6 Å². The number of benzene rings is 1. The molecule has 0 radical (unpaired) electrons. The van der Waals surface area contributed by atoms with Crippen molar-refractivity contribution in [3.8, 4) is 11.5 Å². The van der Waals surface area contributed by atoms with E-state index in [1.807, 2.05) is 0 Å². The lowest BCUT2D eigenvalue weighted by Crippen LogP contribution is -2.42. The van der Waals surface area contributed by atoms with Gasteiger partial charge in [-0.05, 0) is 30.3 Å². The van der Waals surface area contributed by atoms with Gasteiger partial charge in [-0.25, -0.2) is 9.78 Å². The molecule has 0 spiro atoms. The summed E-state index contributed by atoms with van der Waals surface area (Å²) in [6.07, 6.45) is -1.68. The highest BCUT2D eigenvalue weighted by molar-refractivity contribution is 6.76. The first-order chi connectivity index (χ1) is 19.4. The Labute approximate surface area is 242 Å². The number of carbonyl (C=O) groups excluding carboxylic acids is 1. The molecule has 0 unspecified atom stereocenters. The van der Waals surface area contributed by atoms with Gasteiger partial charge in [-0.15, -0.1) is 0 Å². The smallest absolute Gasteiger partial charge is 0.420 e. The van der Waals surface area contributed by atoms with Crippen molar-refractivity contribution in [3.05, 3.63) is 47.2 Å². The number of fused-ring (bicyclic) bond motifs is 1. The van der Waals surface area contributed by atoms with Crippen molar-refractivity contribution in [2.24, 2.45) is 0 Å². The van der Waals surface area contributed by atoms with Gasteiger partial charge in [0.05, 0.1) is 23.6 Å². The van der Waals surface area contributed by atoms with Crippen molar-refractivity contribution in [2.45, 2.75) is 38.6 Å². The molecule has 0 aliphatic carbocycles. The zero-order valence-electron chi connectivity index (χ0n) is 23.3. The van der Waals surface area contributed by atoms with Gasteiger partial charge < -0.3 is 29.4 Å². The number of hydrogen-bond donors (Lipinski definition) is 2. The molecule has 14 heteroatoms. The summed E-state index contributed by atoms with van der Waals surface area (Å²) < 4.78 is 60.7. The summed E-state index contributed by atoms with van der Waals surface area (Å²) >= 11 is 6.46. The van der Waals surface area contributed by atoms with Crippen LogP contribution < -0.4 is 15.4 Å². The van der Waals surface area contributed by atoms with Crippen LogP contribution in [-0.2, 0) is 22.4 Å². The van der Waals surface area contributed by atoms with Crippen molar-refractivity contribution in [3.63, 3.8) is 0 Å². The maximum atomic E-state index is 14.1. The van der Waals surface area contributed by atoms with Crippen LogP contribution in [0.2, 0.25) is 30.7 Å². The second kappa shape index (κ2) is 13.4. The number of anilines is 1. The molecule has 1 saturated heterocycles. The van der Waals surface area contributed by atoms with Gasteiger partial charge >= 0.3 is 12.2 Å². The summed E-state index contributed by atoms with van der Waals surface area (Å²) in [7, 11) is -1.26. The molecular weight excluding hydrogens is 579 g/mol. The average molecular weight is 614 g/mol. The molecule has 0 bridgehead atoms. The molecule has 224 valence electrons. The van der Waals surface area contributed by atoms with E-state index in [9.17, 15) is 18.0 Å². The third-order valence-corrected chi connectivity index (χ3v) is 8.47. The highest BCUT2D eigenvalue weighted by atomic mass is 35.5. The molecule has 1 aliphatic heterocycles. The first-order valence-corrected chi connectivity index (χ1v) is 17.4. The predicted molar refractivity (Wildman–Crippen MR) is 155 cm³/mol. The van der Waals surface area contributed by atoms with Gasteiger partial charge in [-0.2, -0.15) is 13.2 Å². The largest absolute Gasteiger partial charge is 0.456 e. The minimum atomic E-state index is -4.74. The number of nitrogens with zero attached hydrogens (tertiary/aromatic N) is 3. The molecule has 1 aromatic carbocycles. The Balaban J connectivity index is 1.46. The molecular formula is C27H35ClF3N5O4Si. The van der Waals surface area contributed by atoms with E-state index in [-0.39, 0.29) is 23.2 Å². The molecule has 3 aromatic rings. The number of morpholine rings is 1. The monoisotopic (exact) mass is 613 g/mol. The fraction of sp³-hybridized carbons (Fsp3) is 0.481. The van der Waals surface area contributed by atoms with Crippen LogP contribution in [0.15, 0.2) is 36.7 Å². The Morgan fingerprint density at radius 3 is 2.63 bits per heavy atom. The molecule has 4 rings (SSSR count). The Morgan fingerprint density at radius 2 is 1.93 bits per heavy atom. The molecule has 1 fully saturated rings. The van der Waals surface area contributed by atoms with E-state index in [0.29, 0.717) is 43.9 Å². The molecule has 2 amide bonds. The maximum absolute atomic E-state index is 14.1. The average Bonchev–Trinajstić information content (AvgIpc) is 3.23. The zero-order valence-corrected chi connectivity index (χ0v) is 25.1. The fourth-order valence-corrected chi connectivity index (χ4v) is 5.28. The van der Waals surface area contributed by atoms with E-state index in [1.54, 1.807) is 10.8 Å². The number of hydrogen-bond acceptors (Lipinski definition) is 6. The Hall–Kier alpha value is -2.84. The van der Waals surface area contributed by atoms with Crippen LogP contribution in [0.1, 0.15) is 5.56 Å². The summed E-state index contributed by atoms with van der Waals surface area (Å²) in [6.45, 7) is 11.3. The SMILES string of the molecule is C[Si](C)(C)CCOCn1cc(Cl)c2c(Oc3ccc(NC(=O)NCCN4CCOCC4)cc3C(F)(F)F)ccnc21. The molecule has 9 nitrogen and oxygen atoms in total. The second-order valence-corrected chi connectivity index (χ2v) is 17.0. The van der Waals surface area contributed by atoms with E-state index in [1.165, 1.54) is 24.4 Å². The van der Waals surface area contributed by atoms with E-state index >= 15 is 0 Å². The van der Waals surface area contributed by atoms with Crippen LogP contribution in [0.5, 0.6) is 11.5 Å². The van der Waals surface area contributed by atoms with Gasteiger partial charge in [0.25, 0.3) is 0 Å². The Bertz CT molecular complexity index is 1340.